The van der Waals surface area contributed by atoms with Crippen molar-refractivity contribution in [1.29, 1.82) is 0 Å². The normalized spacial score (nSPS) is 10.2. The number of hydrogen-bond donors (Lipinski definition) is 2. The van der Waals surface area contributed by atoms with E-state index >= 15 is 0 Å². The highest BCUT2D eigenvalue weighted by atomic mass is 16.6. The van der Waals surface area contributed by atoms with E-state index in [9.17, 15) is 20.0 Å². The number of aromatic hydroxyl groups is 1. The van der Waals surface area contributed by atoms with Crippen LogP contribution in [0.5, 0.6) is 5.75 Å². The van der Waals surface area contributed by atoms with Gasteiger partial charge in [-0.2, -0.15) is 0 Å². The highest BCUT2D eigenvalue weighted by Crippen LogP contribution is 2.26. The van der Waals surface area contributed by atoms with Gasteiger partial charge >= 0.3 is 5.69 Å². The molecule has 0 unspecified atom stereocenters. The molecule has 0 saturated heterocycles. The highest BCUT2D eigenvalue weighted by molar-refractivity contribution is 5.95. The van der Waals surface area contributed by atoms with Gasteiger partial charge in [-0.15, -0.1) is 0 Å². The SMILES string of the molecule is O=C(NCCc1ccco1)c1ccc([N+](=O)[O-])c(O)c1. The van der Waals surface area contributed by atoms with E-state index in [4.69, 9.17) is 4.42 Å². The van der Waals surface area contributed by atoms with Gasteiger partial charge in [0.05, 0.1) is 11.2 Å². The van der Waals surface area contributed by atoms with Gasteiger partial charge in [0, 0.05) is 24.6 Å². The molecule has 2 N–H and O–H groups in total. The predicted molar refractivity (Wildman–Crippen MR) is 69.5 cm³/mol. The monoisotopic (exact) mass is 276 g/mol. The second-order valence-electron chi connectivity index (χ2n) is 4.05. The van der Waals surface area contributed by atoms with E-state index < -0.39 is 22.3 Å². The van der Waals surface area contributed by atoms with Gasteiger partial charge in [0.2, 0.25) is 0 Å². The van der Waals surface area contributed by atoms with Crippen molar-refractivity contribution in [2.75, 3.05) is 6.54 Å². The largest absolute Gasteiger partial charge is 0.502 e. The van der Waals surface area contributed by atoms with E-state index in [-0.39, 0.29) is 5.56 Å². The zero-order valence-corrected chi connectivity index (χ0v) is 10.4. The number of phenolic OH excluding ortho intramolecular Hbond substituents is 1. The Balaban J connectivity index is 1.95. The minimum atomic E-state index is -0.714. The number of amides is 1. The first-order valence-corrected chi connectivity index (χ1v) is 5.86. The molecule has 7 heteroatoms. The number of rotatable bonds is 5. The molecule has 7 nitrogen and oxygen atoms in total. The number of nitro groups is 1. The van der Waals surface area contributed by atoms with Crippen LogP contribution in [-0.2, 0) is 6.42 Å². The van der Waals surface area contributed by atoms with Crippen LogP contribution in [0, 0.1) is 10.1 Å². The molecule has 0 bridgehead atoms. The number of carbonyl (C=O) groups excluding carboxylic acids is 1. The average Bonchev–Trinajstić information content (AvgIpc) is 2.91. The van der Waals surface area contributed by atoms with Crippen molar-refractivity contribution in [3.05, 3.63) is 58.0 Å². The molecule has 0 fully saturated rings. The number of hydrogen-bond acceptors (Lipinski definition) is 5. The molecule has 2 rings (SSSR count). The van der Waals surface area contributed by atoms with Gasteiger partial charge in [0.25, 0.3) is 5.91 Å². The van der Waals surface area contributed by atoms with Crippen LogP contribution in [0.3, 0.4) is 0 Å². The van der Waals surface area contributed by atoms with Crippen molar-refractivity contribution >= 4 is 11.6 Å². The van der Waals surface area contributed by atoms with E-state index in [1.54, 1.807) is 18.4 Å². The fourth-order valence-electron chi connectivity index (χ4n) is 1.68. The number of furan rings is 1. The summed E-state index contributed by atoms with van der Waals surface area (Å²) in [6.45, 7) is 0.365. The lowest BCUT2D eigenvalue weighted by Gasteiger charge is -2.04. The van der Waals surface area contributed by atoms with Gasteiger partial charge in [0.15, 0.2) is 5.75 Å². The molecule has 0 aliphatic heterocycles. The Morgan fingerprint density at radius 2 is 2.20 bits per heavy atom. The summed E-state index contributed by atoms with van der Waals surface area (Å²) in [5, 5.41) is 22.6. The van der Waals surface area contributed by atoms with Crippen LogP contribution < -0.4 is 5.32 Å². The molecule has 0 atom stereocenters. The minimum Gasteiger partial charge on any atom is -0.502 e. The minimum absolute atomic E-state index is 0.160. The molecule has 1 aromatic carbocycles. The number of phenols is 1. The lowest BCUT2D eigenvalue weighted by molar-refractivity contribution is -0.385. The van der Waals surface area contributed by atoms with Crippen LogP contribution >= 0.6 is 0 Å². The third-order valence-electron chi connectivity index (χ3n) is 2.67. The fraction of sp³-hybridized carbons (Fsp3) is 0.154. The second kappa shape index (κ2) is 5.87. The fourth-order valence-corrected chi connectivity index (χ4v) is 1.68. The molecule has 0 saturated carbocycles. The maximum atomic E-state index is 11.8. The second-order valence-corrected chi connectivity index (χ2v) is 4.05. The van der Waals surface area contributed by atoms with Crippen molar-refractivity contribution in [3.63, 3.8) is 0 Å². The summed E-state index contributed by atoms with van der Waals surface area (Å²) < 4.78 is 5.12. The number of nitrogens with zero attached hydrogens (tertiary/aromatic N) is 1. The van der Waals surface area contributed by atoms with Gasteiger partial charge in [-0.25, -0.2) is 0 Å². The van der Waals surface area contributed by atoms with E-state index in [1.165, 1.54) is 6.07 Å². The standard InChI is InChI=1S/C13H12N2O5/c16-12-8-9(3-4-11(12)15(18)19)13(17)14-6-5-10-2-1-7-20-10/h1-4,7-8,16H,5-6H2,(H,14,17). The number of nitro benzene ring substituents is 1. The van der Waals surface area contributed by atoms with Gasteiger partial charge < -0.3 is 14.8 Å². The number of nitrogens with one attached hydrogen (secondary N) is 1. The molecule has 0 aliphatic carbocycles. The molecule has 0 radical (unpaired) electrons. The summed E-state index contributed by atoms with van der Waals surface area (Å²) in [4.78, 5) is 21.6. The Morgan fingerprint density at radius 1 is 1.40 bits per heavy atom. The van der Waals surface area contributed by atoms with Crippen molar-refractivity contribution in [2.45, 2.75) is 6.42 Å². The first kappa shape index (κ1) is 13.6. The summed E-state index contributed by atoms with van der Waals surface area (Å²) in [5.41, 5.74) is -0.273. The van der Waals surface area contributed by atoms with E-state index in [2.05, 4.69) is 5.32 Å². The van der Waals surface area contributed by atoms with Crippen molar-refractivity contribution in [2.24, 2.45) is 0 Å². The van der Waals surface area contributed by atoms with Crippen LogP contribution in [0.4, 0.5) is 5.69 Å². The maximum absolute atomic E-state index is 11.8. The van der Waals surface area contributed by atoms with E-state index in [0.29, 0.717) is 13.0 Å². The van der Waals surface area contributed by atoms with Crippen LogP contribution in [0.2, 0.25) is 0 Å². The van der Waals surface area contributed by atoms with Crippen LogP contribution in [0.15, 0.2) is 41.0 Å². The summed E-state index contributed by atoms with van der Waals surface area (Å²) in [6, 6.07) is 7.01. The number of benzene rings is 1. The Hall–Kier alpha value is -2.83. The van der Waals surface area contributed by atoms with Crippen molar-refractivity contribution in [3.8, 4) is 5.75 Å². The third-order valence-corrected chi connectivity index (χ3v) is 2.67. The highest BCUT2D eigenvalue weighted by Gasteiger charge is 2.15. The molecular formula is C13H12N2O5. The van der Waals surface area contributed by atoms with Gasteiger partial charge in [-0.3, -0.25) is 14.9 Å². The molecular weight excluding hydrogens is 264 g/mol. The lowest BCUT2D eigenvalue weighted by atomic mass is 10.1. The lowest BCUT2D eigenvalue weighted by Crippen LogP contribution is -2.25. The molecule has 1 amide bonds. The average molecular weight is 276 g/mol. The molecule has 1 aromatic heterocycles. The van der Waals surface area contributed by atoms with Crippen LogP contribution in [-0.4, -0.2) is 22.5 Å². The third kappa shape index (κ3) is 3.14. The van der Waals surface area contributed by atoms with Crippen molar-refractivity contribution in [1.82, 2.24) is 5.32 Å². The number of carbonyl (C=O) groups is 1. The Morgan fingerprint density at radius 3 is 2.80 bits per heavy atom. The molecule has 2 aromatic rings. The summed E-state index contributed by atoms with van der Waals surface area (Å²) in [6.07, 6.45) is 2.09. The predicted octanol–water partition coefficient (Wildman–Crippen LogP) is 1.87. The van der Waals surface area contributed by atoms with E-state index in [1.807, 2.05) is 0 Å². The summed E-state index contributed by atoms with van der Waals surface area (Å²) in [5.74, 6) is -0.202. The van der Waals surface area contributed by atoms with E-state index in [0.717, 1.165) is 17.9 Å². The summed E-state index contributed by atoms with van der Waals surface area (Å²) >= 11 is 0. The first-order valence-electron chi connectivity index (χ1n) is 5.86. The zero-order valence-electron chi connectivity index (χ0n) is 10.4. The van der Waals surface area contributed by atoms with Gasteiger partial charge in [0.1, 0.15) is 5.76 Å². The molecule has 1 heterocycles. The van der Waals surface area contributed by atoms with Gasteiger partial charge in [-0.05, 0) is 24.3 Å². The van der Waals surface area contributed by atoms with Crippen molar-refractivity contribution < 1.29 is 19.2 Å². The molecule has 0 spiro atoms. The first-order chi connectivity index (χ1) is 9.58. The maximum Gasteiger partial charge on any atom is 0.310 e. The Bertz CT molecular complexity index is 622. The Labute approximate surface area is 114 Å². The Kier molecular flexibility index (Phi) is 3.99. The summed E-state index contributed by atoms with van der Waals surface area (Å²) in [7, 11) is 0. The van der Waals surface area contributed by atoms with Gasteiger partial charge in [-0.1, -0.05) is 0 Å². The van der Waals surface area contributed by atoms with Crippen LogP contribution in [0.25, 0.3) is 0 Å². The molecule has 0 aliphatic rings. The topological polar surface area (TPSA) is 106 Å². The zero-order chi connectivity index (χ0) is 14.5. The molecule has 20 heavy (non-hydrogen) atoms. The smallest absolute Gasteiger partial charge is 0.310 e. The quantitative estimate of drug-likeness (QED) is 0.640. The molecule has 104 valence electrons. The van der Waals surface area contributed by atoms with Crippen LogP contribution in [0.1, 0.15) is 16.1 Å².